The highest BCUT2D eigenvalue weighted by Crippen LogP contribution is 2.20. The Morgan fingerprint density at radius 1 is 1.78 bits per heavy atom. The summed E-state index contributed by atoms with van der Waals surface area (Å²) >= 11 is 0. The third-order valence-electron chi connectivity index (χ3n) is 1.69. The minimum atomic E-state index is -0.150. The van der Waals surface area contributed by atoms with E-state index in [4.69, 9.17) is 0 Å². The molecule has 1 aliphatic carbocycles. The number of hydrogen-bond acceptors (Lipinski definition) is 1. The van der Waals surface area contributed by atoms with E-state index in [1.54, 1.807) is 0 Å². The molecule has 2 atom stereocenters. The van der Waals surface area contributed by atoms with E-state index in [-0.39, 0.29) is 6.10 Å². The molecule has 0 aromatic carbocycles. The molecule has 1 N–H and O–H groups in total. The second-order valence-corrected chi connectivity index (χ2v) is 2.42. The fraction of sp³-hybridized carbons (Fsp3) is 0.500. The molecule has 0 fully saturated rings. The molecular formula is C8H12O. The lowest BCUT2D eigenvalue weighted by Crippen LogP contribution is -2.11. The van der Waals surface area contributed by atoms with Crippen molar-refractivity contribution >= 4 is 0 Å². The summed E-state index contributed by atoms with van der Waals surface area (Å²) in [5.74, 6) is 0.336. The van der Waals surface area contributed by atoms with E-state index in [1.165, 1.54) is 0 Å². The summed E-state index contributed by atoms with van der Waals surface area (Å²) in [7, 11) is 0. The first kappa shape index (κ1) is 6.56. The fourth-order valence-electron chi connectivity index (χ4n) is 1.12. The lowest BCUT2D eigenvalue weighted by Gasteiger charge is -2.09. The predicted octanol–water partition coefficient (Wildman–Crippen LogP) is 1.50. The molecule has 0 aliphatic heterocycles. The van der Waals surface area contributed by atoms with Crippen LogP contribution in [0.2, 0.25) is 0 Å². The van der Waals surface area contributed by atoms with Crippen molar-refractivity contribution in [1.82, 2.24) is 0 Å². The largest absolute Gasteiger partial charge is 0.392 e. The zero-order valence-corrected chi connectivity index (χ0v) is 5.46. The Balaban J connectivity index is 2.39. The van der Waals surface area contributed by atoms with Crippen molar-refractivity contribution in [3.63, 3.8) is 0 Å². The number of allylic oxidation sites excluding steroid dienone is 1. The molecule has 0 saturated heterocycles. The molecule has 0 amide bonds. The van der Waals surface area contributed by atoms with Crippen LogP contribution in [0.15, 0.2) is 24.8 Å². The molecular weight excluding hydrogens is 112 g/mol. The Hall–Kier alpha value is -0.560. The Morgan fingerprint density at radius 3 is 3.00 bits per heavy atom. The number of aliphatic hydroxyl groups excluding tert-OH is 1. The van der Waals surface area contributed by atoms with E-state index < -0.39 is 0 Å². The van der Waals surface area contributed by atoms with Gasteiger partial charge in [0.25, 0.3) is 0 Å². The molecule has 0 radical (unpaired) electrons. The highest BCUT2D eigenvalue weighted by molar-refractivity contribution is 5.03. The molecule has 1 aliphatic rings. The van der Waals surface area contributed by atoms with Crippen LogP contribution in [0.5, 0.6) is 0 Å². The molecule has 0 aromatic rings. The van der Waals surface area contributed by atoms with Gasteiger partial charge in [-0.15, -0.1) is 6.58 Å². The van der Waals surface area contributed by atoms with Gasteiger partial charge in [-0.1, -0.05) is 18.2 Å². The molecule has 0 saturated carbocycles. The smallest absolute Gasteiger partial charge is 0.0640 e. The van der Waals surface area contributed by atoms with E-state index in [1.807, 2.05) is 12.2 Å². The van der Waals surface area contributed by atoms with E-state index in [2.05, 4.69) is 12.7 Å². The second kappa shape index (κ2) is 2.83. The summed E-state index contributed by atoms with van der Waals surface area (Å²) < 4.78 is 0. The number of aliphatic hydroxyl groups is 1. The molecule has 0 spiro atoms. The molecule has 2 unspecified atom stereocenters. The minimum Gasteiger partial charge on any atom is -0.392 e. The average molecular weight is 124 g/mol. The molecule has 0 heterocycles. The van der Waals surface area contributed by atoms with Crippen molar-refractivity contribution in [3.8, 4) is 0 Å². The lowest BCUT2D eigenvalue weighted by molar-refractivity contribution is 0.144. The first-order valence-corrected chi connectivity index (χ1v) is 3.30. The Labute approximate surface area is 55.7 Å². The van der Waals surface area contributed by atoms with Gasteiger partial charge in [-0.05, 0) is 12.8 Å². The van der Waals surface area contributed by atoms with Crippen molar-refractivity contribution in [2.75, 3.05) is 0 Å². The minimum absolute atomic E-state index is 0.150. The van der Waals surface area contributed by atoms with Crippen molar-refractivity contribution < 1.29 is 5.11 Å². The summed E-state index contributed by atoms with van der Waals surface area (Å²) in [4.78, 5) is 0. The molecule has 0 aromatic heterocycles. The molecule has 0 bridgehead atoms. The van der Waals surface area contributed by atoms with Crippen LogP contribution in [0.1, 0.15) is 12.8 Å². The SMILES string of the molecule is C=CCC1C=CCC1O. The molecule has 1 nitrogen and oxygen atoms in total. The van der Waals surface area contributed by atoms with Gasteiger partial charge in [-0.3, -0.25) is 0 Å². The topological polar surface area (TPSA) is 20.2 Å². The molecule has 50 valence electrons. The molecule has 9 heavy (non-hydrogen) atoms. The summed E-state index contributed by atoms with van der Waals surface area (Å²) in [5.41, 5.74) is 0. The van der Waals surface area contributed by atoms with Crippen LogP contribution in [-0.4, -0.2) is 11.2 Å². The lowest BCUT2D eigenvalue weighted by atomic mass is 10.0. The number of hydrogen-bond donors (Lipinski definition) is 1. The first-order chi connectivity index (χ1) is 4.34. The van der Waals surface area contributed by atoms with Crippen molar-refractivity contribution in [2.45, 2.75) is 18.9 Å². The zero-order chi connectivity index (χ0) is 6.69. The van der Waals surface area contributed by atoms with Gasteiger partial charge in [-0.25, -0.2) is 0 Å². The van der Waals surface area contributed by atoms with Crippen LogP contribution in [0.3, 0.4) is 0 Å². The van der Waals surface area contributed by atoms with Crippen molar-refractivity contribution in [1.29, 1.82) is 0 Å². The molecule has 1 rings (SSSR count). The van der Waals surface area contributed by atoms with E-state index >= 15 is 0 Å². The predicted molar refractivity (Wildman–Crippen MR) is 38.1 cm³/mol. The van der Waals surface area contributed by atoms with Gasteiger partial charge in [0.15, 0.2) is 0 Å². The summed E-state index contributed by atoms with van der Waals surface area (Å²) in [6, 6.07) is 0. The quantitative estimate of drug-likeness (QED) is 0.553. The second-order valence-electron chi connectivity index (χ2n) is 2.42. The van der Waals surface area contributed by atoms with Gasteiger partial charge >= 0.3 is 0 Å². The van der Waals surface area contributed by atoms with Crippen LogP contribution in [0.25, 0.3) is 0 Å². The van der Waals surface area contributed by atoms with E-state index in [0.29, 0.717) is 5.92 Å². The Kier molecular flexibility index (Phi) is 2.06. The normalized spacial score (nSPS) is 33.0. The van der Waals surface area contributed by atoms with Crippen LogP contribution in [0.4, 0.5) is 0 Å². The maximum atomic E-state index is 9.21. The average Bonchev–Trinajstić information content (AvgIpc) is 2.18. The first-order valence-electron chi connectivity index (χ1n) is 3.30. The van der Waals surface area contributed by atoms with Crippen LogP contribution in [0, 0.1) is 5.92 Å². The van der Waals surface area contributed by atoms with Gasteiger partial charge in [0.1, 0.15) is 0 Å². The Bertz CT molecular complexity index is 127. The van der Waals surface area contributed by atoms with E-state index in [9.17, 15) is 5.11 Å². The third kappa shape index (κ3) is 1.42. The van der Waals surface area contributed by atoms with E-state index in [0.717, 1.165) is 12.8 Å². The van der Waals surface area contributed by atoms with Gasteiger partial charge in [0.2, 0.25) is 0 Å². The fourth-order valence-corrected chi connectivity index (χ4v) is 1.12. The van der Waals surface area contributed by atoms with Gasteiger partial charge in [0, 0.05) is 5.92 Å². The summed E-state index contributed by atoms with van der Waals surface area (Å²) in [6.07, 6.45) is 7.51. The van der Waals surface area contributed by atoms with Crippen LogP contribution >= 0.6 is 0 Å². The van der Waals surface area contributed by atoms with Gasteiger partial charge in [0.05, 0.1) is 6.10 Å². The monoisotopic (exact) mass is 124 g/mol. The Morgan fingerprint density at radius 2 is 2.56 bits per heavy atom. The van der Waals surface area contributed by atoms with Gasteiger partial charge < -0.3 is 5.11 Å². The highest BCUT2D eigenvalue weighted by atomic mass is 16.3. The maximum absolute atomic E-state index is 9.21. The third-order valence-corrected chi connectivity index (χ3v) is 1.69. The molecule has 1 heteroatoms. The van der Waals surface area contributed by atoms with Crippen molar-refractivity contribution in [2.24, 2.45) is 5.92 Å². The highest BCUT2D eigenvalue weighted by Gasteiger charge is 2.17. The van der Waals surface area contributed by atoms with Gasteiger partial charge in [-0.2, -0.15) is 0 Å². The van der Waals surface area contributed by atoms with Crippen LogP contribution in [-0.2, 0) is 0 Å². The summed E-state index contributed by atoms with van der Waals surface area (Å²) in [5, 5.41) is 9.21. The summed E-state index contributed by atoms with van der Waals surface area (Å²) in [6.45, 7) is 3.61. The zero-order valence-electron chi connectivity index (χ0n) is 5.46. The standard InChI is InChI=1S/C8H12O/c1-2-4-7-5-3-6-8(7)9/h2-3,5,7-9H,1,4,6H2. The maximum Gasteiger partial charge on any atom is 0.0640 e. The number of rotatable bonds is 2. The van der Waals surface area contributed by atoms with Crippen LogP contribution < -0.4 is 0 Å². The van der Waals surface area contributed by atoms with Crippen molar-refractivity contribution in [3.05, 3.63) is 24.8 Å².